The second-order valence-electron chi connectivity index (χ2n) is 9.16. The van der Waals surface area contributed by atoms with Gasteiger partial charge in [-0.2, -0.15) is 0 Å². The molecule has 0 aliphatic rings. The summed E-state index contributed by atoms with van der Waals surface area (Å²) in [6.45, 7) is 19.7. The van der Waals surface area contributed by atoms with Gasteiger partial charge in [0.15, 0.2) is 0 Å². The Labute approximate surface area is 160 Å². The molecule has 0 saturated carbocycles. The molecule has 1 rings (SSSR count). The molecule has 25 heavy (non-hydrogen) atoms. The average molecular weight is 371 g/mol. The van der Waals surface area contributed by atoms with E-state index in [-0.39, 0.29) is 24.7 Å². The van der Waals surface area contributed by atoms with Gasteiger partial charge in [0.05, 0.1) is 11.2 Å². The predicted molar refractivity (Wildman–Crippen MR) is 104 cm³/mol. The van der Waals surface area contributed by atoms with E-state index < -0.39 is 11.2 Å². The van der Waals surface area contributed by atoms with Gasteiger partial charge in [0.1, 0.15) is 11.2 Å². The molecule has 0 unspecified atom stereocenters. The molecule has 0 spiro atoms. The van der Waals surface area contributed by atoms with Crippen LogP contribution in [-0.2, 0) is 30.8 Å². The molecular formula is C20H34O4S. The zero-order valence-corrected chi connectivity index (χ0v) is 18.2. The van der Waals surface area contributed by atoms with E-state index in [4.69, 9.17) is 19.6 Å². The molecule has 0 atom stereocenters. The summed E-state index contributed by atoms with van der Waals surface area (Å²) in [7, 11) is 0. The minimum absolute atomic E-state index is 0. The highest BCUT2D eigenvalue weighted by molar-refractivity contribution is 7.59. The molecule has 0 aromatic heterocycles. The first-order valence-electron chi connectivity index (χ1n) is 8.47. The molecule has 0 fully saturated rings. The lowest BCUT2D eigenvalue weighted by Gasteiger charge is -2.32. The Kier molecular flexibility index (Phi) is 8.20. The van der Waals surface area contributed by atoms with Gasteiger partial charge in [-0.05, 0) is 86.4 Å². The van der Waals surface area contributed by atoms with Crippen molar-refractivity contribution in [2.45, 2.75) is 91.6 Å². The van der Waals surface area contributed by atoms with E-state index in [1.807, 2.05) is 87.4 Å². The average Bonchev–Trinajstić information content (AvgIpc) is 2.42. The summed E-state index contributed by atoms with van der Waals surface area (Å²) < 4.78 is 0. The fourth-order valence-electron chi connectivity index (χ4n) is 1.82. The van der Waals surface area contributed by atoms with Crippen LogP contribution in [0.2, 0.25) is 0 Å². The molecule has 1 aromatic rings. The zero-order chi connectivity index (χ0) is 18.8. The lowest BCUT2D eigenvalue weighted by Crippen LogP contribution is -2.31. The van der Waals surface area contributed by atoms with Crippen LogP contribution in [0.15, 0.2) is 24.3 Å². The summed E-state index contributed by atoms with van der Waals surface area (Å²) in [5, 5.41) is 0. The monoisotopic (exact) mass is 370 g/mol. The van der Waals surface area contributed by atoms with E-state index in [9.17, 15) is 0 Å². The topological polar surface area (TPSA) is 36.9 Å². The van der Waals surface area contributed by atoms with E-state index in [0.29, 0.717) is 0 Å². The lowest BCUT2D eigenvalue weighted by molar-refractivity contribution is -0.403. The smallest absolute Gasteiger partial charge is 0.123 e. The van der Waals surface area contributed by atoms with Gasteiger partial charge in [-0.1, -0.05) is 18.2 Å². The van der Waals surface area contributed by atoms with E-state index in [1.165, 1.54) is 0 Å². The van der Waals surface area contributed by atoms with Crippen LogP contribution in [-0.4, -0.2) is 11.2 Å². The highest BCUT2D eigenvalue weighted by Gasteiger charge is 2.30. The molecule has 144 valence electrons. The molecule has 0 heterocycles. The fourth-order valence-corrected chi connectivity index (χ4v) is 1.82. The van der Waals surface area contributed by atoms with Gasteiger partial charge in [-0.25, -0.2) is 19.6 Å². The first-order chi connectivity index (χ1) is 10.6. The maximum Gasteiger partial charge on any atom is 0.123 e. The molecule has 1 aromatic carbocycles. The van der Waals surface area contributed by atoms with Crippen LogP contribution in [0.25, 0.3) is 0 Å². The summed E-state index contributed by atoms with van der Waals surface area (Å²) in [5.41, 5.74) is 0.137. The van der Waals surface area contributed by atoms with Crippen molar-refractivity contribution >= 4 is 13.5 Å². The quantitative estimate of drug-likeness (QED) is 0.435. The number of hydrogen-bond donors (Lipinski definition) is 0. The van der Waals surface area contributed by atoms with E-state index in [0.717, 1.165) is 11.1 Å². The van der Waals surface area contributed by atoms with Gasteiger partial charge < -0.3 is 0 Å². The maximum absolute atomic E-state index is 5.69. The van der Waals surface area contributed by atoms with Crippen LogP contribution >= 0.6 is 13.5 Å². The van der Waals surface area contributed by atoms with Crippen molar-refractivity contribution in [3.05, 3.63) is 35.4 Å². The molecule has 0 bridgehead atoms. The minimum atomic E-state index is -0.579. The van der Waals surface area contributed by atoms with E-state index >= 15 is 0 Å². The van der Waals surface area contributed by atoms with Gasteiger partial charge in [-0.15, -0.1) is 0 Å². The predicted octanol–water partition coefficient (Wildman–Crippen LogP) is 6.30. The van der Waals surface area contributed by atoms with Gasteiger partial charge in [0.25, 0.3) is 0 Å². The van der Waals surface area contributed by atoms with Crippen molar-refractivity contribution in [2.75, 3.05) is 0 Å². The normalized spacial score (nSPS) is 13.5. The van der Waals surface area contributed by atoms with Crippen LogP contribution in [0.3, 0.4) is 0 Å². The Hall–Kier alpha value is -0.590. The third-order valence-corrected chi connectivity index (χ3v) is 3.25. The Morgan fingerprint density at radius 2 is 0.880 bits per heavy atom. The standard InChI is InChI=1S/C20H34O4.S/c1-17(2,3)21-23-19(7,8)15-12-11-13-16(14-15)20(9,10)24-22-18(4,5)6;/h11-14H,1-10H3;. The van der Waals surface area contributed by atoms with Crippen LogP contribution in [0, 0.1) is 0 Å². The molecule has 0 aliphatic carbocycles. The van der Waals surface area contributed by atoms with Crippen molar-refractivity contribution in [2.24, 2.45) is 0 Å². The lowest BCUT2D eigenvalue weighted by atomic mass is 9.91. The van der Waals surface area contributed by atoms with Crippen molar-refractivity contribution < 1.29 is 19.6 Å². The Balaban J connectivity index is 0.00000576. The summed E-state index contributed by atoms with van der Waals surface area (Å²) >= 11 is 0. The SMILES string of the molecule is CC(C)(C)OOC(C)(C)c1cccc(C(C)(C)OOC(C)(C)C)c1.[S]. The third kappa shape index (κ3) is 8.56. The van der Waals surface area contributed by atoms with Gasteiger partial charge in [-0.3, -0.25) is 0 Å². The molecule has 2 radical (unpaired) electrons. The summed E-state index contributed by atoms with van der Waals surface area (Å²) in [4.78, 5) is 22.4. The molecule has 5 heteroatoms. The van der Waals surface area contributed by atoms with Crippen LogP contribution in [0.4, 0.5) is 0 Å². The second-order valence-corrected chi connectivity index (χ2v) is 9.16. The molecule has 0 saturated heterocycles. The largest absolute Gasteiger partial charge is 0.230 e. The Morgan fingerprint density at radius 3 is 1.16 bits per heavy atom. The molecular weight excluding hydrogens is 336 g/mol. The molecule has 0 N–H and O–H groups in total. The van der Waals surface area contributed by atoms with Crippen LogP contribution < -0.4 is 0 Å². The second kappa shape index (κ2) is 8.40. The third-order valence-electron chi connectivity index (χ3n) is 3.25. The molecule has 0 aliphatic heterocycles. The Morgan fingerprint density at radius 1 is 0.560 bits per heavy atom. The van der Waals surface area contributed by atoms with Crippen LogP contribution in [0.5, 0.6) is 0 Å². The maximum atomic E-state index is 5.69. The number of hydrogen-bond acceptors (Lipinski definition) is 4. The highest BCUT2D eigenvalue weighted by atomic mass is 32.1. The van der Waals surface area contributed by atoms with Crippen molar-refractivity contribution in [1.29, 1.82) is 0 Å². The summed E-state index contributed by atoms with van der Waals surface area (Å²) in [6, 6.07) is 8.11. The highest BCUT2D eigenvalue weighted by Crippen LogP contribution is 2.32. The number of rotatable bonds is 6. The van der Waals surface area contributed by atoms with Gasteiger partial charge in [0.2, 0.25) is 0 Å². The first kappa shape index (κ1) is 24.4. The molecule has 0 amide bonds. The minimum Gasteiger partial charge on any atom is -0.230 e. The van der Waals surface area contributed by atoms with Gasteiger partial charge >= 0.3 is 0 Å². The summed E-state index contributed by atoms with van der Waals surface area (Å²) in [5.74, 6) is 0. The Bertz CT molecular complexity index is 494. The van der Waals surface area contributed by atoms with Crippen molar-refractivity contribution in [3.8, 4) is 0 Å². The fraction of sp³-hybridized carbons (Fsp3) is 0.700. The first-order valence-corrected chi connectivity index (χ1v) is 8.47. The molecule has 4 nitrogen and oxygen atoms in total. The van der Waals surface area contributed by atoms with Crippen molar-refractivity contribution in [1.82, 2.24) is 0 Å². The van der Waals surface area contributed by atoms with Crippen molar-refractivity contribution in [3.63, 3.8) is 0 Å². The number of benzene rings is 1. The summed E-state index contributed by atoms with van der Waals surface area (Å²) in [6.07, 6.45) is 0. The van der Waals surface area contributed by atoms with E-state index in [1.54, 1.807) is 0 Å². The van der Waals surface area contributed by atoms with E-state index in [2.05, 4.69) is 6.07 Å². The zero-order valence-electron chi connectivity index (χ0n) is 17.4. The van der Waals surface area contributed by atoms with Crippen LogP contribution in [0.1, 0.15) is 80.4 Å². The van der Waals surface area contributed by atoms with Gasteiger partial charge in [0, 0.05) is 13.5 Å².